The SMILES string of the molecule is Br.C.C.CC1(C)OB(c2cn[nH]c2)OC1(C)C.CN(C)CCn1cc(B2OC(C)(C)C(C)(C)O2)cn1.Cc1ncnc2ccc(-c3cc(-c4cnn(CCN(C)C)c4)c(N)nc3-c3ccc(F)cc3)cc12.Cc1ncnc2ccc(-c3cc(Br)c(N)nc3-c3ccc(F)cc3)cc12.NCCBr. The van der Waals surface area contributed by atoms with Crippen molar-refractivity contribution in [2.24, 2.45) is 5.73 Å². The predicted octanol–water partition coefficient (Wildman–Crippen LogP) is 13.6. The fourth-order valence-corrected chi connectivity index (χ4v) is 10.6. The number of alkyl halides is 1. The largest absolute Gasteiger partial charge is 0.498 e. The lowest BCUT2D eigenvalue weighted by molar-refractivity contribution is 0.00578. The summed E-state index contributed by atoms with van der Waals surface area (Å²) in [6.45, 7) is 24.5. The Morgan fingerprint density at radius 2 is 0.950 bits per heavy atom. The normalized spacial score (nSPS) is 14.5. The van der Waals surface area contributed by atoms with Gasteiger partial charge in [-0.3, -0.25) is 14.5 Å². The van der Waals surface area contributed by atoms with E-state index in [4.69, 9.17) is 40.8 Å². The summed E-state index contributed by atoms with van der Waals surface area (Å²) in [5.74, 6) is 0.177. The number of aryl methyl sites for hydroxylation is 2. The van der Waals surface area contributed by atoms with Crippen molar-refractivity contribution >= 4 is 107 Å². The van der Waals surface area contributed by atoms with Gasteiger partial charge in [-0.25, -0.2) is 38.7 Å². The minimum absolute atomic E-state index is 0. The van der Waals surface area contributed by atoms with Crippen LogP contribution in [-0.4, -0.2) is 159 Å². The van der Waals surface area contributed by atoms with Crippen molar-refractivity contribution in [3.63, 3.8) is 0 Å². The number of nitrogens with one attached hydrogen (secondary N) is 1. The van der Waals surface area contributed by atoms with Gasteiger partial charge >= 0.3 is 14.2 Å². The Morgan fingerprint density at radius 1 is 0.535 bits per heavy atom. The lowest BCUT2D eigenvalue weighted by atomic mass is 9.82. The molecule has 0 saturated carbocycles. The first-order chi connectivity index (χ1) is 46.5. The fraction of sp³-hybridized carbons (Fsp3) is 0.356. The van der Waals surface area contributed by atoms with E-state index in [1.165, 1.54) is 24.3 Å². The molecule has 11 aromatic rings. The molecule has 0 bridgehead atoms. The second-order valence-electron chi connectivity index (χ2n) is 26.3. The van der Waals surface area contributed by atoms with Crippen LogP contribution < -0.4 is 28.1 Å². The number of nitrogens with zero attached hydrogens (tertiary/aromatic N) is 13. The molecule has 101 heavy (non-hydrogen) atoms. The van der Waals surface area contributed by atoms with Crippen molar-refractivity contribution in [1.82, 2.24) is 69.5 Å². The van der Waals surface area contributed by atoms with E-state index in [0.29, 0.717) is 27.5 Å². The van der Waals surface area contributed by atoms with Gasteiger partial charge in [0.05, 0.1) is 68.6 Å². The van der Waals surface area contributed by atoms with Gasteiger partial charge in [0.1, 0.15) is 35.9 Å². The number of H-pyrrole nitrogens is 1. The van der Waals surface area contributed by atoms with E-state index in [9.17, 15) is 8.78 Å². The molecule has 7 aromatic heterocycles. The molecule has 0 atom stereocenters. The first-order valence-electron chi connectivity index (χ1n) is 32.0. The molecule has 0 radical (unpaired) electrons. The highest BCUT2D eigenvalue weighted by molar-refractivity contribution is 9.10. The summed E-state index contributed by atoms with van der Waals surface area (Å²) in [4.78, 5) is 30.8. The minimum Gasteiger partial charge on any atom is -0.399 e. The highest BCUT2D eigenvalue weighted by atomic mass is 79.9. The van der Waals surface area contributed by atoms with Gasteiger partial charge in [-0.15, -0.1) is 17.0 Å². The number of halogens is 5. The summed E-state index contributed by atoms with van der Waals surface area (Å²) < 4.78 is 55.2. The van der Waals surface area contributed by atoms with Gasteiger partial charge in [0.25, 0.3) is 0 Å². The number of rotatable bonds is 14. The summed E-state index contributed by atoms with van der Waals surface area (Å²) in [7, 11) is 7.54. The van der Waals surface area contributed by atoms with Crippen LogP contribution in [0.5, 0.6) is 0 Å². The number of aromatic nitrogens is 12. The third-order valence-corrected chi connectivity index (χ3v) is 18.5. The molecular weight excluding hydrogens is 1480 g/mol. The van der Waals surface area contributed by atoms with Gasteiger partial charge in [-0.1, -0.05) is 42.9 Å². The van der Waals surface area contributed by atoms with Crippen LogP contribution >= 0.6 is 48.8 Å². The number of hydrogen-bond donors (Lipinski definition) is 4. The lowest BCUT2D eigenvalue weighted by Gasteiger charge is -2.32. The van der Waals surface area contributed by atoms with E-state index in [2.05, 4.69) is 135 Å². The molecule has 21 nitrogen and oxygen atoms in total. The van der Waals surface area contributed by atoms with Gasteiger partial charge in [-0.2, -0.15) is 15.3 Å². The molecule has 0 aliphatic carbocycles. The number of aromatic amines is 1. The third-order valence-electron chi connectivity index (χ3n) is 17.4. The number of fused-ring (bicyclic) bond motifs is 2. The molecule has 2 saturated heterocycles. The molecule has 0 spiro atoms. The minimum atomic E-state index is -0.321. The first-order valence-corrected chi connectivity index (χ1v) is 33.9. The van der Waals surface area contributed by atoms with Crippen LogP contribution in [0.25, 0.3) is 77.7 Å². The average Bonchev–Trinajstić information content (AvgIpc) is 1.76. The smallest absolute Gasteiger partial charge is 0.399 e. The predicted molar refractivity (Wildman–Crippen MR) is 420 cm³/mol. The number of hydrogen-bond acceptors (Lipinski definition) is 18. The van der Waals surface area contributed by atoms with Crippen molar-refractivity contribution < 1.29 is 27.4 Å². The molecule has 2 fully saturated rings. The van der Waals surface area contributed by atoms with Gasteiger partial charge in [-0.05, 0) is 209 Å². The molecule has 536 valence electrons. The Balaban J connectivity index is 0.000000216. The summed E-state index contributed by atoms with van der Waals surface area (Å²) in [5.41, 5.74) is 30.1. The molecule has 2 aliphatic heterocycles. The van der Waals surface area contributed by atoms with Crippen molar-refractivity contribution in [2.75, 3.05) is 64.6 Å². The molecule has 0 amide bonds. The van der Waals surface area contributed by atoms with E-state index < -0.39 is 0 Å². The zero-order valence-electron chi connectivity index (χ0n) is 58.4. The molecule has 0 unspecified atom stereocenters. The highest BCUT2D eigenvalue weighted by Crippen LogP contribution is 2.41. The summed E-state index contributed by atoms with van der Waals surface area (Å²) >= 11 is 6.58. The van der Waals surface area contributed by atoms with Crippen molar-refractivity contribution in [1.29, 1.82) is 0 Å². The fourth-order valence-electron chi connectivity index (χ4n) is 10.3. The standard InChI is InChI=1S/C27H26FN7.C20H14BrFN4.C13H24BN3O2.C9H15BN2O2.C2H6BrN.2CH4.BrH/c1-17-22-12-19(6-9-25(22)31-16-30-17)23-13-24(20-14-32-35(15-20)11-10-34(2)3)27(29)33-26(23)18-4-7-21(28)8-5-18;1-11-15-8-13(4-7-18(15)25-10-24-11)16-9-17(21)20(23)26-19(16)12-2-5-14(22)6-3-12;1-12(2)13(3,4)19-14(18-12)11-9-15-17(10-11)8-7-16(5)6;1-8(2)9(3,4)14-10(13-8)7-5-11-12-6-7;3-1-2-4;;;/h4-9,12-16H,10-11H2,1-3H3,(H2,29,33);2-10H,1H3,(H2,23,26);9-10H,7-8H2,1-6H3;5-6H,1-4H3,(H,11,12);1-2,4H2;2*1H4;1H. The van der Waals surface area contributed by atoms with E-state index in [1.807, 2.05) is 132 Å². The van der Waals surface area contributed by atoms with Gasteiger partial charge in [0, 0.05) is 122 Å². The molecule has 2 aliphatic rings. The van der Waals surface area contributed by atoms with Crippen LogP contribution in [-0.2, 0) is 31.7 Å². The Kier molecular flexibility index (Phi) is 28.8. The van der Waals surface area contributed by atoms with Gasteiger partial charge in [0.2, 0.25) is 0 Å². The second-order valence-corrected chi connectivity index (χ2v) is 27.9. The number of pyridine rings is 2. The number of nitrogen functional groups attached to an aromatic ring is 2. The Morgan fingerprint density at radius 3 is 1.39 bits per heavy atom. The van der Waals surface area contributed by atoms with Crippen molar-refractivity contribution in [3.05, 3.63) is 174 Å². The lowest BCUT2D eigenvalue weighted by Crippen LogP contribution is -2.41. The Hall–Kier alpha value is -7.76. The Labute approximate surface area is 620 Å². The van der Waals surface area contributed by atoms with Gasteiger partial charge in [0.15, 0.2) is 0 Å². The van der Waals surface area contributed by atoms with Crippen LogP contribution in [0.1, 0.15) is 81.6 Å². The number of likely N-dealkylation sites (N-methyl/N-ethyl adjacent to an activating group) is 2. The average molecular weight is 1570 g/mol. The Bertz CT molecular complexity index is 4450. The van der Waals surface area contributed by atoms with Crippen LogP contribution in [0.4, 0.5) is 20.4 Å². The molecule has 4 aromatic carbocycles. The van der Waals surface area contributed by atoms with Crippen molar-refractivity contribution in [3.8, 4) is 55.9 Å². The molecule has 7 N–H and O–H groups in total. The number of benzene rings is 4. The first kappa shape index (κ1) is 82.2. The van der Waals surface area contributed by atoms with E-state index >= 15 is 0 Å². The maximum atomic E-state index is 13.7. The highest BCUT2D eigenvalue weighted by Gasteiger charge is 2.53. The second kappa shape index (κ2) is 35.4. The summed E-state index contributed by atoms with van der Waals surface area (Å²) in [6, 6.07) is 28.5. The summed E-state index contributed by atoms with van der Waals surface area (Å²) in [5, 5.41) is 18.3. The molecule has 13 rings (SSSR count). The molecule has 28 heteroatoms. The summed E-state index contributed by atoms with van der Waals surface area (Å²) in [6.07, 6.45) is 14.3. The van der Waals surface area contributed by atoms with E-state index in [1.54, 1.807) is 49.3 Å². The van der Waals surface area contributed by atoms with Crippen LogP contribution in [0.15, 0.2) is 151 Å². The van der Waals surface area contributed by atoms with E-state index in [0.717, 1.165) is 127 Å². The molecule has 9 heterocycles. The van der Waals surface area contributed by atoms with Gasteiger partial charge < -0.3 is 45.6 Å². The molecular formula is C73H94B2Br3F2N17O4. The zero-order chi connectivity index (χ0) is 70.9. The monoisotopic (exact) mass is 1570 g/mol. The third kappa shape index (κ3) is 20.3. The van der Waals surface area contributed by atoms with Crippen molar-refractivity contribution in [2.45, 2.75) is 120 Å². The van der Waals surface area contributed by atoms with Crippen LogP contribution in [0.3, 0.4) is 0 Å². The van der Waals surface area contributed by atoms with Crippen LogP contribution in [0, 0.1) is 25.5 Å². The number of anilines is 2. The van der Waals surface area contributed by atoms with E-state index in [-0.39, 0.29) is 80.1 Å². The van der Waals surface area contributed by atoms with Crippen LogP contribution in [0.2, 0.25) is 0 Å². The number of nitrogens with two attached hydrogens (primary N) is 3. The quantitative estimate of drug-likeness (QED) is 0.0582. The maximum Gasteiger partial charge on any atom is 0.498 e. The maximum absolute atomic E-state index is 13.7. The zero-order valence-corrected chi connectivity index (χ0v) is 63.2. The topological polar surface area (TPSA) is 263 Å².